The minimum absolute atomic E-state index is 0.00689. The van der Waals surface area contributed by atoms with E-state index in [1.807, 2.05) is 13.8 Å². The molecule has 2 unspecified atom stereocenters. The maximum Gasteiger partial charge on any atom is 0.326 e. The number of amides is 1. The van der Waals surface area contributed by atoms with Gasteiger partial charge in [0.15, 0.2) is 0 Å². The van der Waals surface area contributed by atoms with E-state index in [0.29, 0.717) is 23.8 Å². The highest BCUT2D eigenvalue weighted by Crippen LogP contribution is 2.33. The van der Waals surface area contributed by atoms with Crippen LogP contribution in [0.4, 0.5) is 0 Å². The molecular formula is C16H22N2O4. The third-order valence-corrected chi connectivity index (χ3v) is 3.76. The van der Waals surface area contributed by atoms with E-state index in [4.69, 9.17) is 4.74 Å². The number of ether oxygens (including phenoxy) is 1. The summed E-state index contributed by atoms with van der Waals surface area (Å²) in [5.74, 6) is -0.617. The van der Waals surface area contributed by atoms with Crippen LogP contribution in [0.15, 0.2) is 18.3 Å². The van der Waals surface area contributed by atoms with Crippen LogP contribution in [0.3, 0.4) is 0 Å². The Kier molecular flexibility index (Phi) is 5.35. The molecular weight excluding hydrogens is 284 g/mol. The van der Waals surface area contributed by atoms with Gasteiger partial charge in [-0.25, -0.2) is 9.78 Å². The van der Waals surface area contributed by atoms with Gasteiger partial charge in [0.05, 0.1) is 6.10 Å². The minimum Gasteiger partial charge on any atom is -0.480 e. The number of pyridine rings is 1. The Morgan fingerprint density at radius 1 is 1.50 bits per heavy atom. The fourth-order valence-corrected chi connectivity index (χ4v) is 2.05. The van der Waals surface area contributed by atoms with Crippen molar-refractivity contribution >= 4 is 11.9 Å². The second-order valence-corrected chi connectivity index (χ2v) is 5.76. The van der Waals surface area contributed by atoms with Crippen LogP contribution in [0.2, 0.25) is 0 Å². The van der Waals surface area contributed by atoms with Crippen LogP contribution in [0.25, 0.3) is 0 Å². The number of aliphatic carboxylic acids is 1. The lowest BCUT2D eigenvalue weighted by atomic mass is 10.1. The largest absolute Gasteiger partial charge is 0.480 e. The summed E-state index contributed by atoms with van der Waals surface area (Å²) in [5.41, 5.74) is 0.357. The van der Waals surface area contributed by atoms with Crippen LogP contribution in [-0.4, -0.2) is 34.1 Å². The van der Waals surface area contributed by atoms with Crippen molar-refractivity contribution in [2.24, 2.45) is 5.92 Å². The zero-order valence-corrected chi connectivity index (χ0v) is 12.9. The molecule has 0 aliphatic heterocycles. The number of rotatable bonds is 8. The Balaban J connectivity index is 2.01. The molecule has 1 aliphatic rings. The van der Waals surface area contributed by atoms with Gasteiger partial charge in [-0.3, -0.25) is 4.79 Å². The van der Waals surface area contributed by atoms with Crippen LogP contribution in [0, 0.1) is 5.92 Å². The second-order valence-electron chi connectivity index (χ2n) is 5.76. The molecule has 1 saturated carbocycles. The zero-order chi connectivity index (χ0) is 16.1. The average Bonchev–Trinajstić information content (AvgIpc) is 3.30. The molecule has 1 aromatic heterocycles. The first-order chi connectivity index (χ1) is 10.5. The summed E-state index contributed by atoms with van der Waals surface area (Å²) in [7, 11) is 0. The predicted molar refractivity (Wildman–Crippen MR) is 80.8 cm³/mol. The van der Waals surface area contributed by atoms with Gasteiger partial charge in [0.2, 0.25) is 5.88 Å². The fourth-order valence-electron chi connectivity index (χ4n) is 2.05. The number of aromatic nitrogens is 1. The molecule has 1 aliphatic carbocycles. The van der Waals surface area contributed by atoms with E-state index in [1.54, 1.807) is 6.07 Å². The third kappa shape index (κ3) is 4.72. The Labute approximate surface area is 129 Å². The molecule has 2 atom stereocenters. The summed E-state index contributed by atoms with van der Waals surface area (Å²) < 4.78 is 5.57. The zero-order valence-electron chi connectivity index (χ0n) is 12.9. The number of hydrogen-bond donors (Lipinski definition) is 2. The molecule has 0 saturated heterocycles. The van der Waals surface area contributed by atoms with Gasteiger partial charge in [-0.05, 0) is 31.7 Å². The molecule has 0 bridgehead atoms. The summed E-state index contributed by atoms with van der Waals surface area (Å²) in [6, 6.07) is 2.25. The van der Waals surface area contributed by atoms with Gasteiger partial charge >= 0.3 is 5.97 Å². The lowest BCUT2D eigenvalue weighted by molar-refractivity contribution is -0.139. The normalized spacial score (nSPS) is 16.6. The highest BCUT2D eigenvalue weighted by atomic mass is 16.5. The molecule has 0 spiro atoms. The predicted octanol–water partition coefficient (Wildman–Crippen LogP) is 2.24. The SMILES string of the molecule is CCC(C)Oc1cc(C(=O)NC(CC2CC2)C(=O)O)ccn1. The molecule has 120 valence electrons. The van der Waals surface area contributed by atoms with E-state index in [1.165, 1.54) is 12.3 Å². The van der Waals surface area contributed by atoms with Crippen molar-refractivity contribution in [3.05, 3.63) is 23.9 Å². The maximum absolute atomic E-state index is 12.2. The van der Waals surface area contributed by atoms with Crippen LogP contribution < -0.4 is 10.1 Å². The van der Waals surface area contributed by atoms with Gasteiger partial charge in [0.25, 0.3) is 5.91 Å². The summed E-state index contributed by atoms with van der Waals surface area (Å²) in [6.07, 6.45) is 4.91. The van der Waals surface area contributed by atoms with Gasteiger partial charge < -0.3 is 15.2 Å². The third-order valence-electron chi connectivity index (χ3n) is 3.76. The fraction of sp³-hybridized carbons (Fsp3) is 0.562. The summed E-state index contributed by atoms with van der Waals surface area (Å²) in [4.78, 5) is 27.5. The Hall–Kier alpha value is -2.11. The molecule has 22 heavy (non-hydrogen) atoms. The Morgan fingerprint density at radius 2 is 2.23 bits per heavy atom. The van der Waals surface area contributed by atoms with Crippen LogP contribution in [0.1, 0.15) is 49.9 Å². The van der Waals surface area contributed by atoms with Crippen molar-refractivity contribution in [1.82, 2.24) is 10.3 Å². The van der Waals surface area contributed by atoms with Crippen LogP contribution >= 0.6 is 0 Å². The first-order valence-electron chi connectivity index (χ1n) is 7.66. The van der Waals surface area contributed by atoms with Crippen LogP contribution in [-0.2, 0) is 4.79 Å². The lowest BCUT2D eigenvalue weighted by Crippen LogP contribution is -2.41. The number of carbonyl (C=O) groups excluding carboxylic acids is 1. The maximum atomic E-state index is 12.2. The molecule has 2 rings (SSSR count). The second kappa shape index (κ2) is 7.24. The van der Waals surface area contributed by atoms with Crippen LogP contribution in [0.5, 0.6) is 5.88 Å². The Morgan fingerprint density at radius 3 is 2.82 bits per heavy atom. The Bertz CT molecular complexity index is 543. The van der Waals surface area contributed by atoms with E-state index in [9.17, 15) is 14.7 Å². The van der Waals surface area contributed by atoms with Gasteiger partial charge in [-0.1, -0.05) is 19.8 Å². The number of carboxylic acid groups (broad SMARTS) is 1. The van der Waals surface area contributed by atoms with Gasteiger partial charge in [-0.2, -0.15) is 0 Å². The smallest absolute Gasteiger partial charge is 0.326 e. The monoisotopic (exact) mass is 306 g/mol. The molecule has 6 nitrogen and oxygen atoms in total. The van der Waals surface area contributed by atoms with Crippen molar-refractivity contribution in [1.29, 1.82) is 0 Å². The molecule has 1 amide bonds. The standard InChI is InChI=1S/C16H22N2O4/c1-3-10(2)22-14-9-12(6-7-17-14)15(19)18-13(16(20)21)8-11-4-5-11/h6-7,9-11,13H,3-5,8H2,1-2H3,(H,18,19)(H,20,21). The molecule has 6 heteroatoms. The van der Waals surface area contributed by atoms with Gasteiger partial charge in [0, 0.05) is 17.8 Å². The number of nitrogens with one attached hydrogen (secondary N) is 1. The van der Waals surface area contributed by atoms with Crippen molar-refractivity contribution in [3.8, 4) is 5.88 Å². The summed E-state index contributed by atoms with van der Waals surface area (Å²) in [5, 5.41) is 11.8. The molecule has 1 heterocycles. The number of carbonyl (C=O) groups is 2. The molecule has 1 aromatic rings. The van der Waals surface area contributed by atoms with E-state index in [2.05, 4.69) is 10.3 Å². The van der Waals surface area contributed by atoms with Gasteiger partial charge in [-0.15, -0.1) is 0 Å². The van der Waals surface area contributed by atoms with Gasteiger partial charge in [0.1, 0.15) is 6.04 Å². The highest BCUT2D eigenvalue weighted by Gasteiger charge is 2.30. The molecule has 1 fully saturated rings. The van der Waals surface area contributed by atoms with E-state index < -0.39 is 17.9 Å². The first kappa shape index (κ1) is 16.3. The molecule has 0 radical (unpaired) electrons. The average molecular weight is 306 g/mol. The van der Waals surface area contributed by atoms with Crippen molar-refractivity contribution in [2.45, 2.75) is 51.7 Å². The highest BCUT2D eigenvalue weighted by molar-refractivity contribution is 5.96. The van der Waals surface area contributed by atoms with Crippen molar-refractivity contribution in [2.75, 3.05) is 0 Å². The lowest BCUT2D eigenvalue weighted by Gasteiger charge is -2.15. The first-order valence-corrected chi connectivity index (χ1v) is 7.66. The topological polar surface area (TPSA) is 88.5 Å². The molecule has 2 N–H and O–H groups in total. The summed E-state index contributed by atoms with van der Waals surface area (Å²) in [6.45, 7) is 3.92. The van der Waals surface area contributed by atoms with E-state index >= 15 is 0 Å². The minimum atomic E-state index is -0.995. The van der Waals surface area contributed by atoms with E-state index in [-0.39, 0.29) is 6.10 Å². The number of nitrogens with zero attached hydrogens (tertiary/aromatic N) is 1. The van der Waals surface area contributed by atoms with Crippen molar-refractivity contribution < 1.29 is 19.4 Å². The van der Waals surface area contributed by atoms with Crippen molar-refractivity contribution in [3.63, 3.8) is 0 Å². The number of hydrogen-bond acceptors (Lipinski definition) is 4. The molecule has 0 aromatic carbocycles. The summed E-state index contributed by atoms with van der Waals surface area (Å²) >= 11 is 0. The number of carboxylic acids is 1. The van der Waals surface area contributed by atoms with E-state index in [0.717, 1.165) is 19.3 Å². The quantitative estimate of drug-likeness (QED) is 0.769.